The molecule has 6 aromatic rings. The molecule has 0 atom stereocenters. The van der Waals surface area contributed by atoms with Crippen molar-refractivity contribution in [2.24, 2.45) is 0 Å². The Morgan fingerprint density at radius 3 is 2.33 bits per heavy atom. The van der Waals surface area contributed by atoms with Crippen LogP contribution >= 0.6 is 0 Å². The number of rotatable bonds is 7. The maximum Gasteiger partial charge on any atom is 0.335 e. The van der Waals surface area contributed by atoms with Crippen molar-refractivity contribution in [2.45, 2.75) is 6.54 Å². The third-order valence-corrected chi connectivity index (χ3v) is 6.50. The van der Waals surface area contributed by atoms with Crippen LogP contribution in [0.5, 0.6) is 0 Å². The molecule has 0 saturated heterocycles. The number of nitrogens with one attached hydrogen (secondary N) is 1. The summed E-state index contributed by atoms with van der Waals surface area (Å²) >= 11 is 0. The first-order valence-corrected chi connectivity index (χ1v) is 12.0. The SMILES string of the molecule is O=C(O)c1ccc(CNC(=O)c2cc(-c3cnoc3)cc3ncc(C(=O)c4ccc5ccccc5c4)n23)cc1. The summed E-state index contributed by atoms with van der Waals surface area (Å²) in [7, 11) is 0. The fourth-order valence-electron chi connectivity index (χ4n) is 4.47. The number of imidazole rings is 1. The van der Waals surface area contributed by atoms with Crippen molar-refractivity contribution in [1.82, 2.24) is 19.9 Å². The number of nitrogens with zero attached hydrogens (tertiary/aromatic N) is 3. The van der Waals surface area contributed by atoms with E-state index < -0.39 is 11.9 Å². The van der Waals surface area contributed by atoms with Gasteiger partial charge in [-0.15, -0.1) is 0 Å². The Morgan fingerprint density at radius 1 is 0.821 bits per heavy atom. The van der Waals surface area contributed by atoms with Gasteiger partial charge in [-0.25, -0.2) is 9.78 Å². The molecule has 2 N–H and O–H groups in total. The molecule has 3 aromatic heterocycles. The third kappa shape index (κ3) is 4.53. The highest BCUT2D eigenvalue weighted by Crippen LogP contribution is 2.25. The zero-order chi connectivity index (χ0) is 26.9. The van der Waals surface area contributed by atoms with Crippen molar-refractivity contribution < 1.29 is 24.0 Å². The Morgan fingerprint density at radius 2 is 1.59 bits per heavy atom. The number of aromatic carboxylic acids is 1. The molecule has 190 valence electrons. The summed E-state index contributed by atoms with van der Waals surface area (Å²) in [6.45, 7) is 0.153. The van der Waals surface area contributed by atoms with E-state index in [1.165, 1.54) is 35.2 Å². The maximum atomic E-state index is 13.7. The largest absolute Gasteiger partial charge is 0.478 e. The van der Waals surface area contributed by atoms with E-state index in [0.717, 1.165) is 16.3 Å². The summed E-state index contributed by atoms with van der Waals surface area (Å²) in [4.78, 5) is 42.7. The van der Waals surface area contributed by atoms with Crippen molar-refractivity contribution in [3.05, 3.63) is 126 Å². The quantitative estimate of drug-likeness (QED) is 0.286. The van der Waals surface area contributed by atoms with E-state index in [9.17, 15) is 14.4 Å². The molecular weight excluding hydrogens is 496 g/mol. The predicted molar refractivity (Wildman–Crippen MR) is 143 cm³/mol. The van der Waals surface area contributed by atoms with E-state index in [2.05, 4.69) is 15.5 Å². The van der Waals surface area contributed by atoms with Gasteiger partial charge in [-0.05, 0) is 52.2 Å². The highest BCUT2D eigenvalue weighted by molar-refractivity contribution is 6.10. The third-order valence-electron chi connectivity index (χ3n) is 6.50. The summed E-state index contributed by atoms with van der Waals surface area (Å²) < 4.78 is 6.51. The normalized spacial score (nSPS) is 11.1. The van der Waals surface area contributed by atoms with Crippen molar-refractivity contribution in [3.63, 3.8) is 0 Å². The lowest BCUT2D eigenvalue weighted by Gasteiger charge is -2.12. The van der Waals surface area contributed by atoms with Gasteiger partial charge in [0.15, 0.2) is 0 Å². The van der Waals surface area contributed by atoms with Crippen LogP contribution in [-0.2, 0) is 6.54 Å². The second kappa shape index (κ2) is 9.71. The molecule has 0 saturated carbocycles. The lowest BCUT2D eigenvalue weighted by atomic mass is 10.0. The molecule has 0 aliphatic carbocycles. The van der Waals surface area contributed by atoms with Gasteiger partial charge in [0.1, 0.15) is 23.3 Å². The summed E-state index contributed by atoms with van der Waals surface area (Å²) in [6, 6.07) is 22.9. The van der Waals surface area contributed by atoms with Crippen LogP contribution in [0.3, 0.4) is 0 Å². The number of carboxylic acids is 1. The van der Waals surface area contributed by atoms with Gasteiger partial charge in [0.05, 0.1) is 18.0 Å². The van der Waals surface area contributed by atoms with E-state index in [4.69, 9.17) is 9.63 Å². The van der Waals surface area contributed by atoms with Crippen molar-refractivity contribution in [2.75, 3.05) is 0 Å². The molecule has 9 nitrogen and oxygen atoms in total. The number of aromatic nitrogens is 3. The van der Waals surface area contributed by atoms with E-state index in [-0.39, 0.29) is 29.3 Å². The highest BCUT2D eigenvalue weighted by Gasteiger charge is 2.22. The summed E-state index contributed by atoms with van der Waals surface area (Å²) in [5.41, 5.74) is 3.51. The zero-order valence-electron chi connectivity index (χ0n) is 20.4. The average Bonchev–Trinajstić information content (AvgIpc) is 3.66. The van der Waals surface area contributed by atoms with Crippen LogP contribution in [0, 0.1) is 0 Å². The standard InChI is InChI=1S/C30H20N4O5/c35-28(22-10-9-19-3-1-2-4-21(19)11-22)26-16-31-27-13-23(24-15-33-39-17-24)12-25(34(26)27)29(36)32-14-18-5-7-20(8-6-18)30(37)38/h1-13,15-17H,14H2,(H,32,36)(H,37,38). The maximum absolute atomic E-state index is 13.7. The van der Waals surface area contributed by atoms with Gasteiger partial charge in [-0.1, -0.05) is 53.7 Å². The Kier molecular flexibility index (Phi) is 5.93. The van der Waals surface area contributed by atoms with Crippen LogP contribution < -0.4 is 5.32 Å². The van der Waals surface area contributed by atoms with Crippen LogP contribution in [-0.4, -0.2) is 37.3 Å². The first kappa shape index (κ1) is 23.8. The fourth-order valence-corrected chi connectivity index (χ4v) is 4.47. The topological polar surface area (TPSA) is 127 Å². The van der Waals surface area contributed by atoms with E-state index in [0.29, 0.717) is 22.3 Å². The van der Waals surface area contributed by atoms with Gasteiger partial charge in [0, 0.05) is 17.7 Å². The van der Waals surface area contributed by atoms with Crippen molar-refractivity contribution in [1.29, 1.82) is 0 Å². The number of hydrogen-bond donors (Lipinski definition) is 2. The minimum absolute atomic E-state index is 0.153. The minimum Gasteiger partial charge on any atom is -0.478 e. The monoisotopic (exact) mass is 516 g/mol. The molecule has 0 fully saturated rings. The van der Waals surface area contributed by atoms with Crippen molar-refractivity contribution in [3.8, 4) is 11.1 Å². The number of ketones is 1. The molecule has 0 bridgehead atoms. The number of pyridine rings is 1. The van der Waals surface area contributed by atoms with E-state index in [1.807, 2.05) is 36.4 Å². The molecule has 0 aliphatic rings. The zero-order valence-corrected chi connectivity index (χ0v) is 20.4. The van der Waals surface area contributed by atoms with Gasteiger partial charge >= 0.3 is 5.97 Å². The molecule has 0 aliphatic heterocycles. The minimum atomic E-state index is -1.03. The van der Waals surface area contributed by atoms with E-state index in [1.54, 1.807) is 30.3 Å². The summed E-state index contributed by atoms with van der Waals surface area (Å²) in [5, 5.41) is 17.7. The lowest BCUT2D eigenvalue weighted by Crippen LogP contribution is -2.26. The Bertz CT molecular complexity index is 1870. The van der Waals surface area contributed by atoms with Gasteiger partial charge in [0.25, 0.3) is 5.91 Å². The average molecular weight is 517 g/mol. The van der Waals surface area contributed by atoms with Crippen LogP contribution in [0.4, 0.5) is 0 Å². The smallest absolute Gasteiger partial charge is 0.335 e. The molecule has 9 heteroatoms. The van der Waals surface area contributed by atoms with Gasteiger partial charge < -0.3 is 14.9 Å². The first-order valence-electron chi connectivity index (χ1n) is 12.0. The number of carbonyl (C=O) groups excluding carboxylic acids is 2. The first-order chi connectivity index (χ1) is 19.0. The molecule has 0 radical (unpaired) electrons. The summed E-state index contributed by atoms with van der Waals surface area (Å²) in [6.07, 6.45) is 4.45. The van der Waals surface area contributed by atoms with E-state index >= 15 is 0 Å². The van der Waals surface area contributed by atoms with Crippen molar-refractivity contribution >= 4 is 34.1 Å². The number of amides is 1. The number of carboxylic acid groups (broad SMARTS) is 1. The Labute approximate surface area is 221 Å². The molecule has 39 heavy (non-hydrogen) atoms. The Balaban J connectivity index is 1.39. The highest BCUT2D eigenvalue weighted by atomic mass is 16.5. The number of carbonyl (C=O) groups is 3. The molecule has 0 spiro atoms. The van der Waals surface area contributed by atoms with Crippen LogP contribution in [0.15, 0.2) is 102 Å². The molecule has 0 unspecified atom stereocenters. The molecule has 3 heterocycles. The number of hydrogen-bond acceptors (Lipinski definition) is 6. The lowest BCUT2D eigenvalue weighted by molar-refractivity contribution is 0.0696. The molecular formula is C30H20N4O5. The van der Waals surface area contributed by atoms with Crippen LogP contribution in [0.2, 0.25) is 0 Å². The second-order valence-corrected chi connectivity index (χ2v) is 8.96. The predicted octanol–water partition coefficient (Wildman–Crippen LogP) is 5.00. The number of fused-ring (bicyclic) bond motifs is 2. The van der Waals surface area contributed by atoms with Gasteiger partial charge in [-0.2, -0.15) is 0 Å². The van der Waals surface area contributed by atoms with Crippen LogP contribution in [0.25, 0.3) is 27.5 Å². The molecule has 1 amide bonds. The summed E-state index contributed by atoms with van der Waals surface area (Å²) in [5.74, 6) is -1.74. The van der Waals surface area contributed by atoms with Gasteiger partial charge in [-0.3, -0.25) is 14.0 Å². The number of benzene rings is 3. The molecule has 6 rings (SSSR count). The Hall–Kier alpha value is -5.57. The van der Waals surface area contributed by atoms with Gasteiger partial charge in [0.2, 0.25) is 5.78 Å². The molecule has 3 aromatic carbocycles. The van der Waals surface area contributed by atoms with Crippen LogP contribution in [0.1, 0.15) is 42.5 Å². The fraction of sp³-hybridized carbons (Fsp3) is 0.0333. The second-order valence-electron chi connectivity index (χ2n) is 8.96.